The average molecular weight is 342 g/mol. The summed E-state index contributed by atoms with van der Waals surface area (Å²) in [7, 11) is 0. The van der Waals surface area contributed by atoms with Crippen molar-refractivity contribution >= 4 is 29.3 Å². The lowest BCUT2D eigenvalue weighted by Crippen LogP contribution is -2.40. The third-order valence-corrected chi connectivity index (χ3v) is 6.37. The Kier molecular flexibility index (Phi) is 4.98. The number of carbonyl (C=O) groups excluding carboxylic acids is 1. The van der Waals surface area contributed by atoms with Crippen molar-refractivity contribution in [2.45, 2.75) is 43.5 Å². The summed E-state index contributed by atoms with van der Waals surface area (Å²) in [5.41, 5.74) is 0. The van der Waals surface area contributed by atoms with Gasteiger partial charge in [0, 0.05) is 10.9 Å². The molecular weight excluding hydrogens is 321 g/mol. The van der Waals surface area contributed by atoms with Gasteiger partial charge in [-0.1, -0.05) is 18.0 Å². The van der Waals surface area contributed by atoms with Gasteiger partial charge in [0.05, 0.1) is 10.8 Å². The van der Waals surface area contributed by atoms with Gasteiger partial charge < -0.3 is 5.32 Å². The molecule has 5 heteroatoms. The van der Waals surface area contributed by atoms with Crippen molar-refractivity contribution in [2.24, 2.45) is 17.8 Å². The lowest BCUT2D eigenvalue weighted by Gasteiger charge is -2.28. The highest BCUT2D eigenvalue weighted by atomic mass is 35.5. The van der Waals surface area contributed by atoms with Crippen LogP contribution in [0.25, 0.3) is 0 Å². The van der Waals surface area contributed by atoms with Crippen molar-refractivity contribution in [3.63, 3.8) is 0 Å². The standard InChI is InChI=1S/C17H21ClFNOS/c1-10(14-7-11-2-3-12(14)6-11)20-17(21)9-22-13-4-5-16(19)15(18)8-13/h4-5,8,10-12,14H,2-3,6-7,9H2,1H3,(H,20,21). The zero-order valence-corrected chi connectivity index (χ0v) is 14.2. The zero-order chi connectivity index (χ0) is 15.7. The fraction of sp³-hybridized carbons (Fsp3) is 0.588. The van der Waals surface area contributed by atoms with Crippen LogP contribution >= 0.6 is 23.4 Å². The SMILES string of the molecule is CC(NC(=O)CSc1ccc(F)c(Cl)c1)C1CC2CCC1C2. The van der Waals surface area contributed by atoms with E-state index < -0.39 is 5.82 Å². The molecule has 2 aliphatic carbocycles. The van der Waals surface area contributed by atoms with Gasteiger partial charge in [-0.25, -0.2) is 4.39 Å². The molecule has 1 amide bonds. The number of halogens is 2. The molecule has 0 aliphatic heterocycles. The molecule has 1 aromatic carbocycles. The van der Waals surface area contributed by atoms with Crippen LogP contribution in [0.2, 0.25) is 5.02 Å². The van der Waals surface area contributed by atoms with Crippen LogP contribution < -0.4 is 5.32 Å². The van der Waals surface area contributed by atoms with Gasteiger partial charge in [0.15, 0.2) is 0 Å². The normalized spacial score (nSPS) is 27.9. The Balaban J connectivity index is 1.47. The van der Waals surface area contributed by atoms with E-state index in [2.05, 4.69) is 12.2 Å². The second kappa shape index (κ2) is 6.79. The minimum Gasteiger partial charge on any atom is -0.353 e. The Morgan fingerprint density at radius 2 is 2.27 bits per heavy atom. The number of nitrogens with one attached hydrogen (secondary N) is 1. The Hall–Kier alpha value is -0.740. The molecule has 1 aromatic rings. The number of hydrogen-bond donors (Lipinski definition) is 1. The maximum Gasteiger partial charge on any atom is 0.230 e. The highest BCUT2D eigenvalue weighted by Crippen LogP contribution is 2.49. The Morgan fingerprint density at radius 3 is 2.91 bits per heavy atom. The van der Waals surface area contributed by atoms with Gasteiger partial charge in [-0.15, -0.1) is 11.8 Å². The second-order valence-electron chi connectivity index (χ2n) is 6.56. The minimum atomic E-state index is -0.430. The molecule has 120 valence electrons. The summed E-state index contributed by atoms with van der Waals surface area (Å²) >= 11 is 7.13. The predicted octanol–water partition coefficient (Wildman–Crippen LogP) is 4.51. The van der Waals surface area contributed by atoms with Crippen molar-refractivity contribution in [3.05, 3.63) is 29.0 Å². The monoisotopic (exact) mass is 341 g/mol. The zero-order valence-electron chi connectivity index (χ0n) is 12.6. The van der Waals surface area contributed by atoms with Gasteiger partial charge in [0.2, 0.25) is 5.91 Å². The van der Waals surface area contributed by atoms with Crippen molar-refractivity contribution in [1.82, 2.24) is 5.32 Å². The smallest absolute Gasteiger partial charge is 0.230 e. The number of rotatable bonds is 5. The van der Waals surface area contributed by atoms with Gasteiger partial charge in [-0.3, -0.25) is 4.79 Å². The molecule has 4 atom stereocenters. The predicted molar refractivity (Wildman–Crippen MR) is 88.7 cm³/mol. The van der Waals surface area contributed by atoms with Crippen LogP contribution in [-0.4, -0.2) is 17.7 Å². The fourth-order valence-electron chi connectivity index (χ4n) is 4.02. The largest absolute Gasteiger partial charge is 0.353 e. The van der Waals surface area contributed by atoms with E-state index in [1.807, 2.05) is 0 Å². The minimum absolute atomic E-state index is 0.0423. The fourth-order valence-corrected chi connectivity index (χ4v) is 5.02. The number of carbonyl (C=O) groups is 1. The van der Waals surface area contributed by atoms with E-state index in [4.69, 9.17) is 11.6 Å². The van der Waals surface area contributed by atoms with E-state index in [0.717, 1.165) is 16.7 Å². The number of thioether (sulfide) groups is 1. The number of benzene rings is 1. The van der Waals surface area contributed by atoms with Crippen LogP contribution in [0.15, 0.2) is 23.1 Å². The first-order valence-electron chi connectivity index (χ1n) is 7.90. The molecule has 0 heterocycles. The van der Waals surface area contributed by atoms with Gasteiger partial charge >= 0.3 is 0 Å². The third-order valence-electron chi connectivity index (χ3n) is 5.08. The van der Waals surface area contributed by atoms with Crippen molar-refractivity contribution in [2.75, 3.05) is 5.75 Å². The lowest BCUT2D eigenvalue weighted by atomic mass is 9.84. The van der Waals surface area contributed by atoms with E-state index in [-0.39, 0.29) is 17.0 Å². The molecule has 0 spiro atoms. The van der Waals surface area contributed by atoms with E-state index in [9.17, 15) is 9.18 Å². The van der Waals surface area contributed by atoms with Crippen LogP contribution in [0.3, 0.4) is 0 Å². The molecule has 22 heavy (non-hydrogen) atoms. The van der Waals surface area contributed by atoms with Crippen LogP contribution in [0.1, 0.15) is 32.6 Å². The van der Waals surface area contributed by atoms with Crippen molar-refractivity contribution in [3.8, 4) is 0 Å². The Bertz CT molecular complexity index is 568. The van der Waals surface area contributed by atoms with E-state index in [1.54, 1.807) is 12.1 Å². The molecule has 1 N–H and O–H groups in total. The molecule has 2 nitrogen and oxygen atoms in total. The molecular formula is C17H21ClFNOS. The summed E-state index contributed by atoms with van der Waals surface area (Å²) < 4.78 is 13.1. The van der Waals surface area contributed by atoms with Crippen molar-refractivity contribution in [1.29, 1.82) is 0 Å². The molecule has 4 unspecified atom stereocenters. The Labute approximate surface area is 140 Å². The third kappa shape index (κ3) is 3.60. The highest BCUT2D eigenvalue weighted by molar-refractivity contribution is 8.00. The summed E-state index contributed by atoms with van der Waals surface area (Å²) in [5.74, 6) is 2.30. The molecule has 0 radical (unpaired) electrons. The molecule has 2 fully saturated rings. The van der Waals surface area contributed by atoms with Crippen LogP contribution in [0.4, 0.5) is 4.39 Å². The second-order valence-corrected chi connectivity index (χ2v) is 8.02. The quantitative estimate of drug-likeness (QED) is 0.798. The molecule has 3 rings (SSSR count). The first kappa shape index (κ1) is 16.1. The van der Waals surface area contributed by atoms with Gasteiger partial charge in [-0.2, -0.15) is 0 Å². The summed E-state index contributed by atoms with van der Waals surface area (Å²) in [4.78, 5) is 12.9. The van der Waals surface area contributed by atoms with Gasteiger partial charge in [0.25, 0.3) is 0 Å². The molecule has 2 saturated carbocycles. The molecule has 0 aromatic heterocycles. The van der Waals surface area contributed by atoms with Crippen molar-refractivity contribution < 1.29 is 9.18 Å². The lowest BCUT2D eigenvalue weighted by molar-refractivity contribution is -0.119. The maximum atomic E-state index is 13.1. The first-order valence-corrected chi connectivity index (χ1v) is 9.26. The summed E-state index contributed by atoms with van der Waals surface area (Å²) in [6.45, 7) is 2.13. The van der Waals surface area contributed by atoms with E-state index in [1.165, 1.54) is 43.5 Å². The molecule has 2 aliphatic rings. The van der Waals surface area contributed by atoms with E-state index in [0.29, 0.717) is 11.7 Å². The highest BCUT2D eigenvalue weighted by Gasteiger charge is 2.42. The number of hydrogen-bond acceptors (Lipinski definition) is 2. The number of amides is 1. The van der Waals surface area contributed by atoms with Crippen LogP contribution in [0.5, 0.6) is 0 Å². The first-order chi connectivity index (χ1) is 10.5. The number of fused-ring (bicyclic) bond motifs is 2. The van der Waals surface area contributed by atoms with Crippen LogP contribution in [0, 0.1) is 23.6 Å². The Morgan fingerprint density at radius 1 is 1.45 bits per heavy atom. The molecule has 0 saturated heterocycles. The topological polar surface area (TPSA) is 29.1 Å². The maximum absolute atomic E-state index is 13.1. The summed E-state index contributed by atoms with van der Waals surface area (Å²) in [5, 5.41) is 3.23. The molecule has 2 bridgehead atoms. The van der Waals surface area contributed by atoms with E-state index >= 15 is 0 Å². The summed E-state index contributed by atoms with van der Waals surface area (Å²) in [6.07, 6.45) is 5.34. The van der Waals surface area contributed by atoms with Gasteiger partial charge in [-0.05, 0) is 62.1 Å². The van der Waals surface area contributed by atoms with Crippen LogP contribution in [-0.2, 0) is 4.79 Å². The summed E-state index contributed by atoms with van der Waals surface area (Å²) in [6, 6.07) is 4.80. The van der Waals surface area contributed by atoms with Gasteiger partial charge in [0.1, 0.15) is 5.82 Å². The average Bonchev–Trinajstić information content (AvgIpc) is 3.11.